The van der Waals surface area contributed by atoms with Crippen LogP contribution in [-0.4, -0.2) is 33.3 Å². The summed E-state index contributed by atoms with van der Waals surface area (Å²) in [5.74, 6) is 0. The standard InChI is InChI=1S/C16H22N2O/c1-11(19)12-9-10-15(18(4)5)16-13(12)7-6-8-14(16)17(2)3/h6-11,19H,1-5H3/t11-/m0/s1. The van der Waals surface area contributed by atoms with E-state index in [0.29, 0.717) is 0 Å². The van der Waals surface area contributed by atoms with E-state index >= 15 is 0 Å². The summed E-state index contributed by atoms with van der Waals surface area (Å²) in [6, 6.07) is 10.3. The van der Waals surface area contributed by atoms with Crippen LogP contribution in [0.2, 0.25) is 0 Å². The van der Waals surface area contributed by atoms with E-state index in [-0.39, 0.29) is 0 Å². The molecule has 0 saturated carbocycles. The predicted molar refractivity (Wildman–Crippen MR) is 83.2 cm³/mol. The van der Waals surface area contributed by atoms with Gasteiger partial charge in [0.25, 0.3) is 0 Å². The lowest BCUT2D eigenvalue weighted by atomic mass is 9.97. The summed E-state index contributed by atoms with van der Waals surface area (Å²) in [6.45, 7) is 1.81. The number of hydrogen-bond acceptors (Lipinski definition) is 3. The molecule has 1 N–H and O–H groups in total. The summed E-state index contributed by atoms with van der Waals surface area (Å²) in [4.78, 5) is 4.22. The molecule has 2 aromatic carbocycles. The number of aliphatic hydroxyl groups is 1. The van der Waals surface area contributed by atoms with Crippen LogP contribution >= 0.6 is 0 Å². The second-order valence-electron chi connectivity index (χ2n) is 5.34. The van der Waals surface area contributed by atoms with Gasteiger partial charge in [0.05, 0.1) is 6.10 Å². The van der Waals surface area contributed by atoms with E-state index in [2.05, 4.69) is 28.0 Å². The SMILES string of the molecule is C[C@H](O)c1ccc(N(C)C)c2c(N(C)C)cccc12. The number of benzene rings is 2. The summed E-state index contributed by atoms with van der Waals surface area (Å²) < 4.78 is 0. The third-order valence-electron chi connectivity index (χ3n) is 3.44. The number of rotatable bonds is 3. The monoisotopic (exact) mass is 258 g/mol. The molecule has 0 aliphatic heterocycles. The van der Waals surface area contributed by atoms with E-state index in [1.165, 1.54) is 16.8 Å². The number of hydrogen-bond donors (Lipinski definition) is 1. The van der Waals surface area contributed by atoms with Crippen molar-refractivity contribution in [3.8, 4) is 0 Å². The van der Waals surface area contributed by atoms with Crippen molar-refractivity contribution < 1.29 is 5.11 Å². The average Bonchev–Trinajstić information content (AvgIpc) is 2.35. The molecule has 0 bridgehead atoms. The van der Waals surface area contributed by atoms with Gasteiger partial charge in [0.15, 0.2) is 0 Å². The van der Waals surface area contributed by atoms with Crippen LogP contribution < -0.4 is 9.80 Å². The molecule has 0 spiro atoms. The summed E-state index contributed by atoms with van der Waals surface area (Å²) >= 11 is 0. The van der Waals surface area contributed by atoms with Crippen molar-refractivity contribution in [2.45, 2.75) is 13.0 Å². The van der Waals surface area contributed by atoms with E-state index in [0.717, 1.165) is 10.9 Å². The third kappa shape index (κ3) is 2.38. The van der Waals surface area contributed by atoms with Gasteiger partial charge in [0, 0.05) is 45.0 Å². The highest BCUT2D eigenvalue weighted by molar-refractivity contribution is 6.05. The molecule has 0 fully saturated rings. The highest BCUT2D eigenvalue weighted by atomic mass is 16.3. The summed E-state index contributed by atoms with van der Waals surface area (Å²) in [5.41, 5.74) is 3.32. The van der Waals surface area contributed by atoms with Crippen molar-refractivity contribution in [2.24, 2.45) is 0 Å². The first kappa shape index (κ1) is 13.7. The van der Waals surface area contributed by atoms with Crippen LogP contribution in [0, 0.1) is 0 Å². The van der Waals surface area contributed by atoms with Crippen molar-refractivity contribution in [1.29, 1.82) is 0 Å². The van der Waals surface area contributed by atoms with Crippen LogP contribution in [0.1, 0.15) is 18.6 Å². The molecular weight excluding hydrogens is 236 g/mol. The lowest BCUT2D eigenvalue weighted by molar-refractivity contribution is 0.201. The van der Waals surface area contributed by atoms with Gasteiger partial charge in [-0.15, -0.1) is 0 Å². The molecule has 0 aliphatic rings. The number of aliphatic hydroxyl groups excluding tert-OH is 1. The van der Waals surface area contributed by atoms with Crippen LogP contribution in [0.5, 0.6) is 0 Å². The molecule has 0 radical (unpaired) electrons. The fraction of sp³-hybridized carbons (Fsp3) is 0.375. The third-order valence-corrected chi connectivity index (χ3v) is 3.44. The molecule has 1 atom stereocenters. The highest BCUT2D eigenvalue weighted by Gasteiger charge is 2.14. The van der Waals surface area contributed by atoms with E-state index in [9.17, 15) is 5.11 Å². The van der Waals surface area contributed by atoms with Gasteiger partial charge in [-0.3, -0.25) is 0 Å². The van der Waals surface area contributed by atoms with Crippen molar-refractivity contribution in [2.75, 3.05) is 38.0 Å². The van der Waals surface area contributed by atoms with E-state index in [1.807, 2.05) is 47.2 Å². The van der Waals surface area contributed by atoms with E-state index in [4.69, 9.17) is 0 Å². The zero-order valence-electron chi connectivity index (χ0n) is 12.3. The van der Waals surface area contributed by atoms with Gasteiger partial charge in [0.2, 0.25) is 0 Å². The first-order chi connectivity index (χ1) is 8.93. The Labute approximate surface area is 115 Å². The Bertz CT molecular complexity index is 574. The van der Waals surface area contributed by atoms with Gasteiger partial charge in [-0.05, 0) is 30.0 Å². The molecule has 2 rings (SSSR count). The van der Waals surface area contributed by atoms with Crippen molar-refractivity contribution in [1.82, 2.24) is 0 Å². The number of anilines is 2. The molecular formula is C16H22N2O. The second kappa shape index (κ2) is 5.10. The minimum absolute atomic E-state index is 0.462. The number of fused-ring (bicyclic) bond motifs is 1. The maximum absolute atomic E-state index is 9.95. The normalized spacial score (nSPS) is 12.5. The van der Waals surface area contributed by atoms with Crippen LogP contribution in [0.15, 0.2) is 30.3 Å². The van der Waals surface area contributed by atoms with E-state index < -0.39 is 6.10 Å². The molecule has 0 heterocycles. The fourth-order valence-corrected chi connectivity index (χ4v) is 2.50. The quantitative estimate of drug-likeness (QED) is 0.916. The van der Waals surface area contributed by atoms with Gasteiger partial charge in [-0.2, -0.15) is 0 Å². The second-order valence-corrected chi connectivity index (χ2v) is 5.34. The first-order valence-corrected chi connectivity index (χ1v) is 6.51. The Morgan fingerprint density at radius 2 is 1.47 bits per heavy atom. The zero-order valence-corrected chi connectivity index (χ0v) is 12.3. The largest absolute Gasteiger partial charge is 0.389 e. The molecule has 0 aliphatic carbocycles. The highest BCUT2D eigenvalue weighted by Crippen LogP contribution is 2.37. The summed E-state index contributed by atoms with van der Waals surface area (Å²) in [6.07, 6.45) is -0.462. The van der Waals surface area contributed by atoms with Crippen molar-refractivity contribution >= 4 is 22.1 Å². The van der Waals surface area contributed by atoms with Crippen LogP contribution in [-0.2, 0) is 0 Å². The van der Waals surface area contributed by atoms with Gasteiger partial charge in [-0.25, -0.2) is 0 Å². The molecule has 3 heteroatoms. The average molecular weight is 258 g/mol. The Balaban J connectivity index is 2.89. The summed E-state index contributed by atoms with van der Waals surface area (Å²) in [5, 5.41) is 12.3. The minimum atomic E-state index is -0.462. The lowest BCUT2D eigenvalue weighted by Crippen LogP contribution is -2.14. The Hall–Kier alpha value is -1.74. The van der Waals surface area contributed by atoms with Crippen LogP contribution in [0.25, 0.3) is 10.8 Å². The molecule has 0 unspecified atom stereocenters. The van der Waals surface area contributed by atoms with Gasteiger partial charge < -0.3 is 14.9 Å². The minimum Gasteiger partial charge on any atom is -0.389 e. The van der Waals surface area contributed by atoms with Crippen molar-refractivity contribution in [3.05, 3.63) is 35.9 Å². The molecule has 0 saturated heterocycles. The molecule has 3 nitrogen and oxygen atoms in total. The molecule has 19 heavy (non-hydrogen) atoms. The lowest BCUT2D eigenvalue weighted by Gasteiger charge is -2.23. The van der Waals surface area contributed by atoms with E-state index in [1.54, 1.807) is 0 Å². The summed E-state index contributed by atoms with van der Waals surface area (Å²) in [7, 11) is 8.18. The molecule has 0 amide bonds. The van der Waals surface area contributed by atoms with Crippen molar-refractivity contribution in [3.63, 3.8) is 0 Å². The maximum atomic E-state index is 9.95. The first-order valence-electron chi connectivity index (χ1n) is 6.51. The predicted octanol–water partition coefficient (Wildman–Crippen LogP) is 3.03. The van der Waals surface area contributed by atoms with Crippen LogP contribution in [0.3, 0.4) is 0 Å². The fourth-order valence-electron chi connectivity index (χ4n) is 2.50. The Morgan fingerprint density at radius 1 is 0.895 bits per heavy atom. The van der Waals surface area contributed by atoms with Gasteiger partial charge in [0.1, 0.15) is 0 Å². The van der Waals surface area contributed by atoms with Crippen LogP contribution in [0.4, 0.5) is 11.4 Å². The Morgan fingerprint density at radius 3 is 2.00 bits per heavy atom. The van der Waals surface area contributed by atoms with Gasteiger partial charge in [-0.1, -0.05) is 18.2 Å². The number of nitrogens with zero attached hydrogens (tertiary/aromatic N) is 2. The zero-order chi connectivity index (χ0) is 14.2. The molecule has 102 valence electrons. The smallest absolute Gasteiger partial charge is 0.0767 e. The molecule has 0 aromatic heterocycles. The molecule has 2 aromatic rings. The maximum Gasteiger partial charge on any atom is 0.0767 e. The topological polar surface area (TPSA) is 26.7 Å². The Kier molecular flexibility index (Phi) is 3.67. The van der Waals surface area contributed by atoms with Gasteiger partial charge >= 0.3 is 0 Å².